The van der Waals surface area contributed by atoms with Crippen molar-refractivity contribution in [2.24, 2.45) is 0 Å². The van der Waals surface area contributed by atoms with E-state index in [1.54, 1.807) is 66.8 Å². The molecule has 0 aliphatic carbocycles. The lowest BCUT2D eigenvalue weighted by Gasteiger charge is -2.30. The minimum Gasteiger partial charge on any atom is -0.211 e. The van der Waals surface area contributed by atoms with Gasteiger partial charge in [-0.1, -0.05) is 121 Å². The van der Waals surface area contributed by atoms with Crippen LogP contribution in [0.1, 0.15) is 34.3 Å². The highest BCUT2D eigenvalue weighted by molar-refractivity contribution is 7.92. The first-order valence-electron chi connectivity index (χ1n) is 13.7. The molecule has 4 aromatic rings. The Bertz CT molecular complexity index is 1650. The average molecular weight is 597 g/mol. The van der Waals surface area contributed by atoms with Crippen molar-refractivity contribution in [2.45, 2.75) is 42.0 Å². The maximum absolute atomic E-state index is 14.7. The van der Waals surface area contributed by atoms with Crippen molar-refractivity contribution in [3.05, 3.63) is 156 Å². The summed E-state index contributed by atoms with van der Waals surface area (Å²) in [7, 11) is -8.39. The summed E-state index contributed by atoms with van der Waals surface area (Å²) in [4.78, 5) is 0.209. The first-order chi connectivity index (χ1) is 20.2. The highest BCUT2D eigenvalue weighted by Gasteiger charge is 2.59. The average Bonchev–Trinajstić information content (AvgIpc) is 3.35. The summed E-state index contributed by atoms with van der Waals surface area (Å²) >= 11 is 0. The van der Waals surface area contributed by atoms with Gasteiger partial charge in [0.2, 0.25) is 20.0 Å². The molecule has 2 atom stereocenters. The van der Waals surface area contributed by atoms with E-state index in [2.05, 4.69) is 6.58 Å². The van der Waals surface area contributed by atoms with Crippen molar-refractivity contribution >= 4 is 27.0 Å². The van der Waals surface area contributed by atoms with E-state index in [0.29, 0.717) is 11.1 Å². The van der Waals surface area contributed by atoms with Crippen molar-refractivity contribution in [3.8, 4) is 0 Å². The monoisotopic (exact) mass is 596 g/mol. The molecule has 6 nitrogen and oxygen atoms in total. The second kappa shape index (κ2) is 12.2. The Morgan fingerprint density at radius 3 is 1.38 bits per heavy atom. The Kier molecular flexibility index (Phi) is 8.66. The summed E-state index contributed by atoms with van der Waals surface area (Å²) in [6.07, 6.45) is 5.19. The summed E-state index contributed by atoms with van der Waals surface area (Å²) in [6.45, 7) is 6.47. The van der Waals surface area contributed by atoms with Crippen LogP contribution in [-0.2, 0) is 20.0 Å². The zero-order valence-electron chi connectivity index (χ0n) is 23.6. The van der Waals surface area contributed by atoms with E-state index in [1.807, 2.05) is 74.5 Å². The van der Waals surface area contributed by atoms with Crippen molar-refractivity contribution in [1.82, 2.24) is 8.43 Å². The second-order valence-corrected chi connectivity index (χ2v) is 14.1. The van der Waals surface area contributed by atoms with Crippen LogP contribution < -0.4 is 0 Å². The third kappa shape index (κ3) is 5.65. The Balaban J connectivity index is 1.84. The lowest BCUT2D eigenvalue weighted by atomic mass is 9.73. The van der Waals surface area contributed by atoms with E-state index in [-0.39, 0.29) is 16.1 Å². The number of allylic oxidation sites excluding steroid dienone is 3. The SMILES string of the molecule is C=C/C=C/CB1N(S(=O)(=O)c2ccc(C)cc2)[C@@H](c2ccccc2)[C@H](c2ccccc2)N1S(=O)(=O)c1ccc(C)cc1. The first kappa shape index (κ1) is 29.7. The van der Waals surface area contributed by atoms with Crippen LogP contribution in [0, 0.1) is 13.8 Å². The molecule has 1 heterocycles. The molecular formula is C33H33BN2O4S2. The minimum absolute atomic E-state index is 0.105. The van der Waals surface area contributed by atoms with Crippen LogP contribution in [-0.4, -0.2) is 32.3 Å². The molecule has 1 saturated heterocycles. The number of aryl methyl sites for hydroxylation is 2. The smallest absolute Gasteiger partial charge is 0.211 e. The molecule has 1 aliphatic heterocycles. The first-order valence-corrected chi connectivity index (χ1v) is 16.6. The van der Waals surface area contributed by atoms with Crippen molar-refractivity contribution < 1.29 is 16.8 Å². The maximum atomic E-state index is 14.7. The van der Waals surface area contributed by atoms with Crippen LogP contribution in [0.15, 0.2) is 144 Å². The predicted molar refractivity (Wildman–Crippen MR) is 169 cm³/mol. The fourth-order valence-corrected chi connectivity index (χ4v) is 9.10. The molecule has 0 unspecified atom stereocenters. The lowest BCUT2D eigenvalue weighted by molar-refractivity contribution is 0.377. The van der Waals surface area contributed by atoms with Gasteiger partial charge >= 0.3 is 6.98 Å². The number of nitrogens with zero attached hydrogens (tertiary/aromatic N) is 2. The molecular weight excluding hydrogens is 563 g/mol. The number of benzene rings is 4. The molecule has 0 saturated carbocycles. The quantitative estimate of drug-likeness (QED) is 0.159. The van der Waals surface area contributed by atoms with Crippen molar-refractivity contribution in [2.75, 3.05) is 0 Å². The van der Waals surface area contributed by atoms with Gasteiger partial charge in [-0.3, -0.25) is 0 Å². The van der Waals surface area contributed by atoms with E-state index < -0.39 is 39.1 Å². The predicted octanol–water partition coefficient (Wildman–Crippen LogP) is 6.71. The molecule has 5 rings (SSSR count). The Morgan fingerprint density at radius 1 is 0.643 bits per heavy atom. The second-order valence-electron chi connectivity index (χ2n) is 10.4. The van der Waals surface area contributed by atoms with Gasteiger partial charge in [-0.25, -0.2) is 25.3 Å². The summed E-state index contributed by atoms with van der Waals surface area (Å²) in [5, 5.41) is 0. The fraction of sp³-hybridized carbons (Fsp3) is 0.152. The van der Waals surface area contributed by atoms with Gasteiger partial charge in [-0.15, -0.1) is 0 Å². The van der Waals surface area contributed by atoms with E-state index in [0.717, 1.165) is 11.1 Å². The van der Waals surface area contributed by atoms with E-state index >= 15 is 0 Å². The highest BCUT2D eigenvalue weighted by atomic mass is 32.2. The van der Waals surface area contributed by atoms with Gasteiger partial charge in [0.25, 0.3) is 0 Å². The molecule has 214 valence electrons. The minimum atomic E-state index is -4.19. The topological polar surface area (TPSA) is 74.8 Å². The van der Waals surface area contributed by atoms with Gasteiger partial charge < -0.3 is 0 Å². The summed E-state index contributed by atoms with van der Waals surface area (Å²) in [6, 6.07) is 30.2. The maximum Gasteiger partial charge on any atom is 0.346 e. The van der Waals surface area contributed by atoms with Crippen LogP contribution in [0.3, 0.4) is 0 Å². The normalized spacial score (nSPS) is 18.5. The molecule has 42 heavy (non-hydrogen) atoms. The third-order valence-electron chi connectivity index (χ3n) is 7.53. The highest BCUT2D eigenvalue weighted by Crippen LogP contribution is 2.51. The Hall–Kier alpha value is -3.76. The molecule has 0 bridgehead atoms. The molecule has 0 spiro atoms. The zero-order valence-corrected chi connectivity index (χ0v) is 25.2. The summed E-state index contributed by atoms with van der Waals surface area (Å²) < 4.78 is 61.4. The van der Waals surface area contributed by atoms with Crippen LogP contribution in [0.2, 0.25) is 6.32 Å². The van der Waals surface area contributed by atoms with Gasteiger partial charge in [0.15, 0.2) is 0 Å². The third-order valence-corrected chi connectivity index (χ3v) is 11.3. The Morgan fingerprint density at radius 2 is 1.02 bits per heavy atom. The van der Waals surface area contributed by atoms with Crippen LogP contribution in [0.4, 0.5) is 0 Å². The van der Waals surface area contributed by atoms with E-state index in [1.165, 1.54) is 8.43 Å². The van der Waals surface area contributed by atoms with Crippen LogP contribution in [0.25, 0.3) is 0 Å². The number of hydrogen-bond donors (Lipinski definition) is 0. The zero-order chi connectivity index (χ0) is 29.9. The molecule has 0 aromatic heterocycles. The lowest BCUT2D eigenvalue weighted by Crippen LogP contribution is -2.48. The molecule has 1 aliphatic rings. The summed E-state index contributed by atoms with van der Waals surface area (Å²) in [5.41, 5.74) is 3.24. The van der Waals surface area contributed by atoms with Crippen LogP contribution in [0.5, 0.6) is 0 Å². The number of hydrogen-bond acceptors (Lipinski definition) is 4. The van der Waals surface area contributed by atoms with Crippen molar-refractivity contribution in [3.63, 3.8) is 0 Å². The molecule has 0 radical (unpaired) electrons. The van der Waals surface area contributed by atoms with E-state index in [9.17, 15) is 16.8 Å². The Labute approximate surface area is 249 Å². The van der Waals surface area contributed by atoms with Gasteiger partial charge in [-0.2, -0.15) is 0 Å². The molecule has 0 amide bonds. The number of sulfonamides is 2. The van der Waals surface area contributed by atoms with E-state index in [4.69, 9.17) is 0 Å². The summed E-state index contributed by atoms with van der Waals surface area (Å²) in [5.74, 6) is 0. The van der Waals surface area contributed by atoms with Gasteiger partial charge in [0.1, 0.15) is 0 Å². The molecule has 1 fully saturated rings. The van der Waals surface area contributed by atoms with Gasteiger partial charge in [-0.05, 0) is 55.6 Å². The van der Waals surface area contributed by atoms with Crippen molar-refractivity contribution in [1.29, 1.82) is 0 Å². The van der Waals surface area contributed by atoms with Gasteiger partial charge in [0.05, 0.1) is 21.9 Å². The fourth-order valence-electron chi connectivity index (χ4n) is 5.51. The van der Waals surface area contributed by atoms with Gasteiger partial charge in [0, 0.05) is 0 Å². The van der Waals surface area contributed by atoms with Crippen LogP contribution >= 0.6 is 0 Å². The molecule has 4 aromatic carbocycles. The standard InChI is InChI=1S/C33H33BN2O4S2/c1-4-5-12-25-34-35(41(37,38)30-21-17-26(2)18-22-30)32(28-13-8-6-9-14-28)33(29-15-10-7-11-16-29)36(34)42(39,40)31-23-19-27(3)20-24-31/h4-24,32-33H,1,25H2,2-3H3/b12-5+/t32-,33-/m0/s1. The molecule has 9 heteroatoms. The number of rotatable bonds is 9. The molecule has 0 N–H and O–H groups in total. The largest absolute Gasteiger partial charge is 0.346 e.